The van der Waals surface area contributed by atoms with E-state index in [1.807, 2.05) is 0 Å². The van der Waals surface area contributed by atoms with E-state index >= 15 is 0 Å². The molecule has 3 aliphatic heterocycles. The average molecular weight is 254 g/mol. The zero-order valence-corrected chi connectivity index (χ0v) is 8.16. The van der Waals surface area contributed by atoms with Crippen molar-refractivity contribution in [3.63, 3.8) is 0 Å². The zero-order chi connectivity index (χ0) is 11.5. The third-order valence-corrected chi connectivity index (χ3v) is 2.91. The minimum Gasteiger partial charge on any atom is -0.222 e. The van der Waals surface area contributed by atoms with Crippen LogP contribution >= 0.6 is 7.82 Å². The van der Waals surface area contributed by atoms with Gasteiger partial charge in [0.25, 0.3) is 0 Å². The highest BCUT2D eigenvalue weighted by Crippen LogP contribution is 2.67. The number of rotatable bonds is 1. The highest BCUT2D eigenvalue weighted by molar-refractivity contribution is 7.49. The monoisotopic (exact) mass is 254 g/mol. The van der Waals surface area contributed by atoms with Gasteiger partial charge in [-0.1, -0.05) is 0 Å². The van der Waals surface area contributed by atoms with E-state index in [1.165, 1.54) is 0 Å². The van der Waals surface area contributed by atoms with Crippen LogP contribution in [-0.4, -0.2) is 5.34 Å². The molecule has 0 aliphatic carbocycles. The van der Waals surface area contributed by atoms with Crippen molar-refractivity contribution >= 4 is 13.5 Å². The number of anilines is 1. The lowest BCUT2D eigenvalue weighted by Crippen LogP contribution is -2.35. The van der Waals surface area contributed by atoms with Crippen molar-refractivity contribution in [2.75, 3.05) is 5.17 Å². The van der Waals surface area contributed by atoms with Gasteiger partial charge in [0.15, 0.2) is 23.1 Å². The van der Waals surface area contributed by atoms with Gasteiger partial charge in [0.1, 0.15) is 0 Å². The normalized spacial score (nSPS) is 31.7. The van der Waals surface area contributed by atoms with Gasteiger partial charge in [0.2, 0.25) is 0 Å². The lowest BCUT2D eigenvalue weighted by molar-refractivity contribution is -0.319. The lowest BCUT2D eigenvalue weighted by atomic mass is 10.3. The molecule has 0 atom stereocenters. The number of fused-ring (bicyclic) bond motifs is 1. The molecule has 0 saturated carbocycles. The summed E-state index contributed by atoms with van der Waals surface area (Å²) in [7, 11) is -3.78. The fourth-order valence-corrected chi connectivity index (χ4v) is 2.09. The second kappa shape index (κ2) is 2.96. The fraction of sp³-hybridized carbons (Fsp3) is 0. The Morgan fingerprint density at radius 3 is 2.25 bits per heavy atom. The van der Waals surface area contributed by atoms with Crippen molar-refractivity contribution in [2.45, 2.75) is 0 Å². The molecule has 4 rings (SSSR count). The molecular formula is C6H2F3N2O4P. The molecule has 0 N–H and O–H groups in total. The standard InChI is InChI=1S/C6H2F3N2O4P/c7-3-1-2-4(8)6(5(3)9)10-11-14-16(12,13-10)15-11/h1-2H. The van der Waals surface area contributed by atoms with Crippen molar-refractivity contribution in [3.8, 4) is 0 Å². The third-order valence-electron chi connectivity index (χ3n) is 1.88. The van der Waals surface area contributed by atoms with Gasteiger partial charge in [-0.15, -0.1) is 19.0 Å². The Kier molecular flexibility index (Phi) is 1.86. The molecule has 0 radical (unpaired) electrons. The number of hydrogen-bond acceptors (Lipinski definition) is 6. The first kappa shape index (κ1) is 10.1. The molecule has 3 saturated heterocycles. The van der Waals surface area contributed by atoms with Gasteiger partial charge in [-0.25, -0.2) is 17.7 Å². The van der Waals surface area contributed by atoms with E-state index < -0.39 is 31.0 Å². The van der Waals surface area contributed by atoms with E-state index in [9.17, 15) is 17.7 Å². The number of phosphoric acid groups is 1. The Morgan fingerprint density at radius 1 is 1.06 bits per heavy atom. The van der Waals surface area contributed by atoms with Gasteiger partial charge in [0, 0.05) is 0 Å². The van der Waals surface area contributed by atoms with E-state index in [0.29, 0.717) is 22.6 Å². The fourth-order valence-electron chi connectivity index (χ4n) is 1.21. The molecule has 0 amide bonds. The van der Waals surface area contributed by atoms with E-state index in [0.717, 1.165) is 0 Å². The molecule has 2 bridgehead atoms. The van der Waals surface area contributed by atoms with Gasteiger partial charge in [0.05, 0.1) is 5.34 Å². The number of benzene rings is 1. The van der Waals surface area contributed by atoms with Crippen LogP contribution in [0.2, 0.25) is 0 Å². The van der Waals surface area contributed by atoms with Gasteiger partial charge < -0.3 is 0 Å². The summed E-state index contributed by atoms with van der Waals surface area (Å²) in [5, 5.41) is 0.649. The molecule has 3 fully saturated rings. The Labute approximate surface area is 86.2 Å². The number of hydrazine groups is 1. The second-order valence-electron chi connectivity index (χ2n) is 2.89. The summed E-state index contributed by atoms with van der Waals surface area (Å²) >= 11 is 0. The number of halogens is 3. The van der Waals surface area contributed by atoms with Crippen LogP contribution in [-0.2, 0) is 18.4 Å². The van der Waals surface area contributed by atoms with Crippen LogP contribution in [0, 0.1) is 17.5 Å². The summed E-state index contributed by atoms with van der Waals surface area (Å²) in [6.07, 6.45) is 0. The van der Waals surface area contributed by atoms with E-state index in [-0.39, 0.29) is 0 Å². The molecule has 1 aromatic carbocycles. The topological polar surface area (TPSA) is 51.2 Å². The highest BCUT2D eigenvalue weighted by Gasteiger charge is 2.61. The van der Waals surface area contributed by atoms with Crippen LogP contribution in [0.1, 0.15) is 0 Å². The van der Waals surface area contributed by atoms with Crippen LogP contribution in [0.5, 0.6) is 0 Å². The van der Waals surface area contributed by atoms with Gasteiger partial charge in [-0.3, -0.25) is 0 Å². The van der Waals surface area contributed by atoms with Crippen LogP contribution in [0.25, 0.3) is 0 Å². The maximum Gasteiger partial charge on any atom is 0.538 e. The van der Waals surface area contributed by atoms with Crippen molar-refractivity contribution in [3.05, 3.63) is 29.6 Å². The maximum atomic E-state index is 13.3. The summed E-state index contributed by atoms with van der Waals surface area (Å²) in [6, 6.07) is 1.29. The quantitative estimate of drug-likeness (QED) is 0.564. The van der Waals surface area contributed by atoms with E-state index in [1.54, 1.807) is 0 Å². The van der Waals surface area contributed by atoms with Gasteiger partial charge in [-0.2, -0.15) is 0 Å². The van der Waals surface area contributed by atoms with E-state index in [2.05, 4.69) is 13.9 Å². The first-order valence-electron chi connectivity index (χ1n) is 3.93. The van der Waals surface area contributed by atoms with Crippen molar-refractivity contribution in [1.82, 2.24) is 5.34 Å². The summed E-state index contributed by atoms with van der Waals surface area (Å²) in [5.41, 5.74) is -0.907. The number of hydrogen-bond donors (Lipinski definition) is 0. The SMILES string of the molecule is O=P12ON(O1)N(c1c(F)ccc(F)c1F)O2. The lowest BCUT2D eigenvalue weighted by Gasteiger charge is -2.21. The summed E-state index contributed by atoms with van der Waals surface area (Å²) < 4.78 is 63.6. The Balaban J connectivity index is 2.08. The van der Waals surface area contributed by atoms with Crippen LogP contribution in [0.3, 0.4) is 0 Å². The molecule has 1 aromatic rings. The first-order valence-corrected chi connectivity index (χ1v) is 5.39. The summed E-state index contributed by atoms with van der Waals surface area (Å²) in [6.45, 7) is 0. The molecular weight excluding hydrogens is 252 g/mol. The average Bonchev–Trinajstić information content (AvgIpc) is 2.65. The largest absolute Gasteiger partial charge is 0.538 e. The minimum atomic E-state index is -3.78. The molecule has 0 unspecified atom stereocenters. The predicted octanol–water partition coefficient (Wildman–Crippen LogP) is 2.06. The minimum absolute atomic E-state index is 0.300. The van der Waals surface area contributed by atoms with E-state index in [4.69, 9.17) is 0 Å². The molecule has 0 spiro atoms. The molecule has 86 valence electrons. The Morgan fingerprint density at radius 2 is 1.69 bits per heavy atom. The molecule has 16 heavy (non-hydrogen) atoms. The van der Waals surface area contributed by atoms with Crippen molar-refractivity contribution in [2.24, 2.45) is 0 Å². The second-order valence-corrected chi connectivity index (χ2v) is 4.28. The molecule has 3 heterocycles. The van der Waals surface area contributed by atoms with Crippen LogP contribution in [0.4, 0.5) is 18.9 Å². The maximum absolute atomic E-state index is 13.3. The predicted molar refractivity (Wildman–Crippen MR) is 41.5 cm³/mol. The molecule has 3 aliphatic rings. The molecule has 0 aromatic heterocycles. The first-order chi connectivity index (χ1) is 7.50. The summed E-state index contributed by atoms with van der Waals surface area (Å²) in [4.78, 5) is 0. The summed E-state index contributed by atoms with van der Waals surface area (Å²) in [5.74, 6) is -3.91. The highest BCUT2D eigenvalue weighted by atomic mass is 31.2. The van der Waals surface area contributed by atoms with Gasteiger partial charge in [-0.05, 0) is 12.1 Å². The van der Waals surface area contributed by atoms with Gasteiger partial charge >= 0.3 is 7.82 Å². The molecule has 10 heteroatoms. The Hall–Kier alpha value is -1.12. The Bertz CT molecular complexity index is 517. The van der Waals surface area contributed by atoms with Crippen molar-refractivity contribution < 1.29 is 31.6 Å². The van der Waals surface area contributed by atoms with Crippen LogP contribution in [0.15, 0.2) is 12.1 Å². The van der Waals surface area contributed by atoms with Crippen molar-refractivity contribution in [1.29, 1.82) is 0 Å². The number of nitrogens with zero attached hydrogens (tertiary/aromatic N) is 2. The third kappa shape index (κ3) is 1.20. The smallest absolute Gasteiger partial charge is 0.222 e. The molecule has 6 nitrogen and oxygen atoms in total. The zero-order valence-electron chi connectivity index (χ0n) is 7.26. The van der Waals surface area contributed by atoms with Crippen LogP contribution < -0.4 is 5.17 Å².